The molecule has 1 saturated heterocycles. The van der Waals surface area contributed by atoms with Crippen LogP contribution in [0.15, 0.2) is 24.7 Å². The molecule has 2 aliphatic rings. The molecule has 3 N–H and O–H groups in total. The minimum atomic E-state index is -1.60. The summed E-state index contributed by atoms with van der Waals surface area (Å²) >= 11 is 0. The lowest BCUT2D eigenvalue weighted by atomic mass is 9.91. The summed E-state index contributed by atoms with van der Waals surface area (Å²) in [5, 5.41) is 44.1. The second-order valence-corrected chi connectivity index (χ2v) is 8.94. The van der Waals surface area contributed by atoms with Gasteiger partial charge in [0.05, 0.1) is 18.8 Å². The number of nitrogens with zero attached hydrogens (tertiary/aromatic N) is 6. The molecule has 10 nitrogen and oxygen atoms in total. The summed E-state index contributed by atoms with van der Waals surface area (Å²) in [5.74, 6) is -4.01. The standard InChI is InChI=1S/C22H25F3N6O4/c23-13-6-11(7-14(24)17(13)25)15-8-30(29-28-15)18-19(33)16(9-32)35-21(20(18)34)22-26-10-27-31(22)12-4-2-1-3-5-12/h6-8,10,12,16,18-21,32-34H,1-5,9H2/t16-,18+,19+,20-,21-/m1/s1. The van der Waals surface area contributed by atoms with Gasteiger partial charge in [0, 0.05) is 5.56 Å². The third-order valence-electron chi connectivity index (χ3n) is 6.76. The molecule has 1 aromatic carbocycles. The van der Waals surface area contributed by atoms with Gasteiger partial charge in [-0.05, 0) is 25.0 Å². The van der Waals surface area contributed by atoms with Crippen LogP contribution in [0.3, 0.4) is 0 Å². The van der Waals surface area contributed by atoms with E-state index >= 15 is 0 Å². The molecule has 188 valence electrons. The average Bonchev–Trinajstić information content (AvgIpc) is 3.54. The van der Waals surface area contributed by atoms with E-state index in [1.165, 1.54) is 12.5 Å². The fraction of sp³-hybridized carbons (Fsp3) is 0.545. The normalized spacial score (nSPS) is 27.9. The molecule has 2 aromatic heterocycles. The average molecular weight is 494 g/mol. The smallest absolute Gasteiger partial charge is 0.194 e. The minimum absolute atomic E-state index is 0.00355. The molecule has 0 radical (unpaired) electrons. The molecule has 0 amide bonds. The molecule has 2 fully saturated rings. The Bertz CT molecular complexity index is 1160. The lowest BCUT2D eigenvalue weighted by molar-refractivity contribution is -0.211. The van der Waals surface area contributed by atoms with E-state index in [0.29, 0.717) is 5.82 Å². The summed E-state index contributed by atoms with van der Waals surface area (Å²) in [5.41, 5.74) is -0.0767. The van der Waals surface area contributed by atoms with Crippen molar-refractivity contribution in [2.45, 2.75) is 68.6 Å². The molecule has 0 bridgehead atoms. The summed E-state index contributed by atoms with van der Waals surface area (Å²) in [4.78, 5) is 4.31. The Morgan fingerprint density at radius 3 is 2.43 bits per heavy atom. The Balaban J connectivity index is 1.48. The van der Waals surface area contributed by atoms with Gasteiger partial charge in [-0.2, -0.15) is 5.10 Å². The van der Waals surface area contributed by atoms with Crippen LogP contribution in [0.1, 0.15) is 56.1 Å². The van der Waals surface area contributed by atoms with Crippen LogP contribution in [0, 0.1) is 17.5 Å². The highest BCUT2D eigenvalue weighted by atomic mass is 19.2. The van der Waals surface area contributed by atoms with Gasteiger partial charge < -0.3 is 20.1 Å². The van der Waals surface area contributed by atoms with Crippen molar-refractivity contribution in [2.24, 2.45) is 0 Å². The maximum atomic E-state index is 13.7. The van der Waals surface area contributed by atoms with Crippen molar-refractivity contribution in [2.75, 3.05) is 6.61 Å². The van der Waals surface area contributed by atoms with Crippen molar-refractivity contribution in [1.29, 1.82) is 0 Å². The van der Waals surface area contributed by atoms with Crippen LogP contribution in [0.25, 0.3) is 11.3 Å². The lowest BCUT2D eigenvalue weighted by Gasteiger charge is -2.42. The van der Waals surface area contributed by atoms with Crippen LogP contribution in [-0.2, 0) is 4.74 Å². The largest absolute Gasteiger partial charge is 0.394 e. The Morgan fingerprint density at radius 1 is 1.03 bits per heavy atom. The van der Waals surface area contributed by atoms with Gasteiger partial charge in [0.2, 0.25) is 0 Å². The maximum absolute atomic E-state index is 13.7. The van der Waals surface area contributed by atoms with E-state index in [1.807, 2.05) is 0 Å². The maximum Gasteiger partial charge on any atom is 0.194 e. The Hall–Kier alpha value is -2.87. The zero-order chi connectivity index (χ0) is 24.7. The first-order valence-corrected chi connectivity index (χ1v) is 11.5. The van der Waals surface area contributed by atoms with Gasteiger partial charge in [-0.1, -0.05) is 24.5 Å². The van der Waals surface area contributed by atoms with Gasteiger partial charge in [0.15, 0.2) is 23.3 Å². The van der Waals surface area contributed by atoms with E-state index in [0.717, 1.165) is 48.9 Å². The third kappa shape index (κ3) is 4.33. The van der Waals surface area contributed by atoms with Gasteiger partial charge in [0.1, 0.15) is 42.5 Å². The van der Waals surface area contributed by atoms with Crippen molar-refractivity contribution in [1.82, 2.24) is 29.8 Å². The van der Waals surface area contributed by atoms with Crippen LogP contribution >= 0.6 is 0 Å². The summed E-state index contributed by atoms with van der Waals surface area (Å²) in [7, 11) is 0. The van der Waals surface area contributed by atoms with Crippen molar-refractivity contribution >= 4 is 0 Å². The van der Waals surface area contributed by atoms with Gasteiger partial charge >= 0.3 is 0 Å². The monoisotopic (exact) mass is 494 g/mol. The summed E-state index contributed by atoms with van der Waals surface area (Å²) in [6.45, 7) is -0.547. The fourth-order valence-electron chi connectivity index (χ4n) is 4.96. The molecule has 5 rings (SSSR count). The number of hydrogen-bond acceptors (Lipinski definition) is 8. The van der Waals surface area contributed by atoms with Crippen LogP contribution in [0.5, 0.6) is 0 Å². The molecule has 3 heterocycles. The van der Waals surface area contributed by atoms with E-state index in [2.05, 4.69) is 20.4 Å². The summed E-state index contributed by atoms with van der Waals surface area (Å²) in [6, 6.07) is 0.500. The predicted molar refractivity (Wildman–Crippen MR) is 113 cm³/mol. The van der Waals surface area contributed by atoms with E-state index in [-0.39, 0.29) is 17.3 Å². The number of ether oxygens (including phenoxy) is 1. The summed E-state index contributed by atoms with van der Waals surface area (Å²) < 4.78 is 49.5. The zero-order valence-electron chi connectivity index (χ0n) is 18.6. The first-order valence-electron chi connectivity index (χ1n) is 11.5. The van der Waals surface area contributed by atoms with Crippen LogP contribution in [-0.4, -0.2) is 70.0 Å². The predicted octanol–water partition coefficient (Wildman–Crippen LogP) is 1.85. The summed E-state index contributed by atoms with van der Waals surface area (Å²) in [6.07, 6.45) is 2.79. The van der Waals surface area contributed by atoms with Crippen molar-refractivity contribution < 1.29 is 33.2 Å². The number of benzene rings is 1. The second kappa shape index (κ2) is 9.64. The van der Waals surface area contributed by atoms with E-state index in [4.69, 9.17) is 4.74 Å². The Morgan fingerprint density at radius 2 is 1.74 bits per heavy atom. The highest BCUT2D eigenvalue weighted by Gasteiger charge is 2.48. The van der Waals surface area contributed by atoms with E-state index in [9.17, 15) is 28.5 Å². The Kier molecular flexibility index (Phi) is 6.57. The minimum Gasteiger partial charge on any atom is -0.394 e. The van der Waals surface area contributed by atoms with Crippen LogP contribution < -0.4 is 0 Å². The van der Waals surface area contributed by atoms with Crippen LogP contribution in [0.4, 0.5) is 13.2 Å². The molecule has 1 aliphatic carbocycles. The number of aliphatic hydroxyl groups is 3. The highest BCUT2D eigenvalue weighted by molar-refractivity contribution is 5.57. The van der Waals surface area contributed by atoms with E-state index < -0.39 is 54.5 Å². The molecule has 13 heteroatoms. The quantitative estimate of drug-likeness (QED) is 0.458. The highest BCUT2D eigenvalue weighted by Crippen LogP contribution is 2.39. The molecule has 35 heavy (non-hydrogen) atoms. The Labute approximate surface area is 198 Å². The van der Waals surface area contributed by atoms with Crippen molar-refractivity contribution in [3.05, 3.63) is 47.9 Å². The van der Waals surface area contributed by atoms with Crippen molar-refractivity contribution in [3.8, 4) is 11.3 Å². The van der Waals surface area contributed by atoms with Gasteiger partial charge in [0.25, 0.3) is 0 Å². The molecule has 1 aliphatic heterocycles. The zero-order valence-corrected chi connectivity index (χ0v) is 18.6. The molecular weight excluding hydrogens is 469 g/mol. The van der Waals surface area contributed by atoms with Gasteiger partial charge in [-0.15, -0.1) is 5.10 Å². The van der Waals surface area contributed by atoms with Gasteiger partial charge in [-0.25, -0.2) is 27.5 Å². The topological polar surface area (TPSA) is 131 Å². The first kappa shape index (κ1) is 23.9. The number of aliphatic hydroxyl groups excluding tert-OH is 3. The van der Waals surface area contributed by atoms with Gasteiger partial charge in [-0.3, -0.25) is 0 Å². The molecule has 5 atom stereocenters. The third-order valence-corrected chi connectivity index (χ3v) is 6.76. The molecule has 1 saturated carbocycles. The molecule has 0 spiro atoms. The number of halogens is 3. The van der Waals surface area contributed by atoms with Crippen LogP contribution in [0.2, 0.25) is 0 Å². The lowest BCUT2D eigenvalue weighted by Crippen LogP contribution is -2.53. The first-order chi connectivity index (χ1) is 16.9. The number of rotatable bonds is 5. The number of aromatic nitrogens is 6. The van der Waals surface area contributed by atoms with E-state index in [1.54, 1.807) is 4.68 Å². The van der Waals surface area contributed by atoms with Crippen molar-refractivity contribution in [3.63, 3.8) is 0 Å². The molecule has 0 unspecified atom stereocenters. The molecule has 3 aromatic rings. The molecular formula is C22H25F3N6O4. The second-order valence-electron chi connectivity index (χ2n) is 8.94. The number of hydrogen-bond donors (Lipinski definition) is 3. The fourth-order valence-corrected chi connectivity index (χ4v) is 4.96. The SMILES string of the molecule is OC[C@H]1O[C@@H](c2ncnn2C2CCCCC2)[C@H](O)[C@@H](n2cc(-c3cc(F)c(F)c(F)c3)nn2)[C@H]1O.